The molecular formula is C25H37N3O4. The Morgan fingerprint density at radius 1 is 1.00 bits per heavy atom. The number of likely N-dealkylation sites (tertiary alicyclic amines) is 1. The number of carbonyl (C=O) groups excluding carboxylic acids is 2. The smallest absolute Gasteiger partial charge is 0.236 e. The molecule has 0 radical (unpaired) electrons. The molecule has 2 amide bonds. The Morgan fingerprint density at radius 2 is 1.78 bits per heavy atom. The molecule has 1 atom stereocenters. The summed E-state index contributed by atoms with van der Waals surface area (Å²) >= 11 is 0. The molecule has 7 heteroatoms. The van der Waals surface area contributed by atoms with E-state index in [0.29, 0.717) is 39.5 Å². The van der Waals surface area contributed by atoms with E-state index in [1.54, 1.807) is 0 Å². The minimum absolute atomic E-state index is 0.143. The minimum atomic E-state index is -0.480. The van der Waals surface area contributed by atoms with Crippen molar-refractivity contribution in [3.8, 4) is 5.75 Å². The van der Waals surface area contributed by atoms with E-state index < -0.39 is 5.41 Å². The van der Waals surface area contributed by atoms with Gasteiger partial charge in [0.05, 0.1) is 31.7 Å². The number of piperidine rings is 1. The molecule has 3 heterocycles. The third-order valence-corrected chi connectivity index (χ3v) is 7.20. The van der Waals surface area contributed by atoms with Gasteiger partial charge in [-0.25, -0.2) is 0 Å². The molecule has 0 saturated carbocycles. The summed E-state index contributed by atoms with van der Waals surface area (Å²) in [6.45, 7) is 5.72. The van der Waals surface area contributed by atoms with Crippen LogP contribution in [0.1, 0.15) is 37.7 Å². The first kappa shape index (κ1) is 23.1. The van der Waals surface area contributed by atoms with E-state index in [2.05, 4.69) is 17.0 Å². The van der Waals surface area contributed by atoms with Crippen LogP contribution in [0.5, 0.6) is 5.75 Å². The lowest BCUT2D eigenvalue weighted by molar-refractivity contribution is -0.149. The number of amides is 2. The zero-order valence-electron chi connectivity index (χ0n) is 19.4. The Kier molecular flexibility index (Phi) is 7.68. The van der Waals surface area contributed by atoms with Crippen molar-refractivity contribution in [1.82, 2.24) is 14.7 Å². The molecule has 0 aliphatic carbocycles. The fraction of sp³-hybridized carbons (Fsp3) is 0.680. The van der Waals surface area contributed by atoms with Gasteiger partial charge in [0.1, 0.15) is 12.4 Å². The number of nitrogens with zero attached hydrogens (tertiary/aromatic N) is 3. The average Bonchev–Trinajstić information content (AvgIpc) is 2.82. The molecule has 7 nitrogen and oxygen atoms in total. The minimum Gasteiger partial charge on any atom is -0.491 e. The first-order valence-electron chi connectivity index (χ1n) is 12.1. The zero-order valence-corrected chi connectivity index (χ0v) is 19.4. The molecule has 1 aromatic rings. The molecule has 32 heavy (non-hydrogen) atoms. The molecule has 176 valence electrons. The van der Waals surface area contributed by atoms with Crippen molar-refractivity contribution in [3.05, 3.63) is 29.8 Å². The normalized spacial score (nSPS) is 26.1. The summed E-state index contributed by atoms with van der Waals surface area (Å²) in [5, 5.41) is 0. The second kappa shape index (κ2) is 10.7. The van der Waals surface area contributed by atoms with Crippen LogP contribution in [0.3, 0.4) is 0 Å². The van der Waals surface area contributed by atoms with E-state index in [1.807, 2.05) is 29.0 Å². The fourth-order valence-electron chi connectivity index (χ4n) is 5.31. The number of aryl methyl sites for hydroxylation is 1. The summed E-state index contributed by atoms with van der Waals surface area (Å²) in [6, 6.07) is 8.21. The fourth-order valence-corrected chi connectivity index (χ4v) is 5.31. The van der Waals surface area contributed by atoms with Crippen LogP contribution in [-0.4, -0.2) is 92.7 Å². The van der Waals surface area contributed by atoms with Crippen molar-refractivity contribution in [2.24, 2.45) is 5.41 Å². The molecule has 0 N–H and O–H groups in total. The highest BCUT2D eigenvalue weighted by Crippen LogP contribution is 2.38. The van der Waals surface area contributed by atoms with Crippen LogP contribution >= 0.6 is 0 Å². The van der Waals surface area contributed by atoms with Gasteiger partial charge in [0.25, 0.3) is 0 Å². The van der Waals surface area contributed by atoms with Gasteiger partial charge in [-0.3, -0.25) is 14.5 Å². The van der Waals surface area contributed by atoms with Gasteiger partial charge in [0.15, 0.2) is 0 Å². The van der Waals surface area contributed by atoms with E-state index in [9.17, 15) is 9.59 Å². The van der Waals surface area contributed by atoms with Gasteiger partial charge in [0.2, 0.25) is 11.8 Å². The monoisotopic (exact) mass is 443 g/mol. The highest BCUT2D eigenvalue weighted by Gasteiger charge is 2.44. The largest absolute Gasteiger partial charge is 0.491 e. The lowest BCUT2D eigenvalue weighted by Crippen LogP contribution is -2.56. The van der Waals surface area contributed by atoms with E-state index in [0.717, 1.165) is 63.9 Å². The molecule has 2 saturated heterocycles. The van der Waals surface area contributed by atoms with Crippen LogP contribution in [0.15, 0.2) is 24.3 Å². The number of fused-ring (bicyclic) bond motifs is 1. The second-order valence-electron chi connectivity index (χ2n) is 9.48. The molecule has 3 aliphatic rings. The average molecular weight is 444 g/mol. The maximum absolute atomic E-state index is 13.6. The summed E-state index contributed by atoms with van der Waals surface area (Å²) in [4.78, 5) is 32.7. The van der Waals surface area contributed by atoms with Crippen molar-refractivity contribution in [3.63, 3.8) is 0 Å². The Hall–Kier alpha value is -2.12. The summed E-state index contributed by atoms with van der Waals surface area (Å²) in [6.07, 6.45) is 5.51. The van der Waals surface area contributed by atoms with Crippen molar-refractivity contribution in [2.45, 2.75) is 38.5 Å². The molecule has 0 aromatic heterocycles. The van der Waals surface area contributed by atoms with Gasteiger partial charge in [-0.15, -0.1) is 0 Å². The van der Waals surface area contributed by atoms with Gasteiger partial charge < -0.3 is 19.3 Å². The third kappa shape index (κ3) is 5.44. The van der Waals surface area contributed by atoms with Crippen LogP contribution in [0.25, 0.3) is 0 Å². The maximum atomic E-state index is 13.6. The number of ether oxygens (including phenoxy) is 2. The van der Waals surface area contributed by atoms with E-state index >= 15 is 0 Å². The van der Waals surface area contributed by atoms with Crippen LogP contribution in [0, 0.1) is 5.41 Å². The Morgan fingerprint density at radius 3 is 2.62 bits per heavy atom. The van der Waals surface area contributed by atoms with Gasteiger partial charge in [-0.2, -0.15) is 0 Å². The predicted octanol–water partition coefficient (Wildman–Crippen LogP) is 2.19. The molecule has 4 rings (SSSR count). The van der Waals surface area contributed by atoms with Gasteiger partial charge in [-0.05, 0) is 43.7 Å². The summed E-state index contributed by atoms with van der Waals surface area (Å²) in [5.41, 5.74) is 0.758. The number of rotatable bonds is 2. The van der Waals surface area contributed by atoms with Crippen LogP contribution in [-0.2, 0) is 20.7 Å². The highest BCUT2D eigenvalue weighted by atomic mass is 16.5. The van der Waals surface area contributed by atoms with Crippen LogP contribution < -0.4 is 4.74 Å². The quantitative estimate of drug-likeness (QED) is 0.701. The number of hydrogen-bond donors (Lipinski definition) is 0. The van der Waals surface area contributed by atoms with E-state index in [1.165, 1.54) is 5.56 Å². The zero-order chi connectivity index (χ0) is 22.4. The summed E-state index contributed by atoms with van der Waals surface area (Å²) in [5.74, 6) is 1.24. The Balaban J connectivity index is 1.45. The van der Waals surface area contributed by atoms with Crippen molar-refractivity contribution >= 4 is 11.8 Å². The lowest BCUT2D eigenvalue weighted by Gasteiger charge is -2.44. The predicted molar refractivity (Wildman–Crippen MR) is 123 cm³/mol. The number of hydrogen-bond acceptors (Lipinski definition) is 5. The van der Waals surface area contributed by atoms with Crippen LogP contribution in [0.4, 0.5) is 0 Å². The summed E-state index contributed by atoms with van der Waals surface area (Å²) < 4.78 is 11.4. The lowest BCUT2D eigenvalue weighted by atomic mass is 9.74. The number of likely N-dealkylation sites (N-methyl/N-ethyl adjacent to an activating group) is 1. The SMILES string of the molecule is CN1CCOc2ccccc2CCCCC2(CCCN(C(=O)CN3CCOCC3)C2)C1=O. The summed E-state index contributed by atoms with van der Waals surface area (Å²) in [7, 11) is 1.87. The van der Waals surface area contributed by atoms with Gasteiger partial charge >= 0.3 is 0 Å². The third-order valence-electron chi connectivity index (χ3n) is 7.20. The highest BCUT2D eigenvalue weighted by molar-refractivity contribution is 5.85. The molecule has 0 bridgehead atoms. The standard InChI is InChI=1S/C25H37N3O4/c1-26-13-18-32-22-9-3-2-7-21(22)8-4-5-10-25(24(26)30)11-6-12-28(20-25)23(29)19-27-14-16-31-17-15-27/h2-3,7,9H,4-6,8,10-20H2,1H3. The number of carbonyl (C=O) groups is 2. The van der Waals surface area contributed by atoms with Crippen LogP contribution in [0.2, 0.25) is 0 Å². The molecule has 1 aromatic carbocycles. The number of benzene rings is 1. The molecular weight excluding hydrogens is 406 g/mol. The molecule has 3 aliphatic heterocycles. The van der Waals surface area contributed by atoms with E-state index in [4.69, 9.17) is 9.47 Å². The van der Waals surface area contributed by atoms with E-state index in [-0.39, 0.29) is 11.8 Å². The Labute approximate surface area is 191 Å². The Bertz CT molecular complexity index is 795. The maximum Gasteiger partial charge on any atom is 0.236 e. The molecule has 1 unspecified atom stereocenters. The van der Waals surface area contributed by atoms with Gasteiger partial charge in [-0.1, -0.05) is 24.6 Å². The van der Waals surface area contributed by atoms with Gasteiger partial charge in [0, 0.05) is 33.2 Å². The first-order valence-corrected chi connectivity index (χ1v) is 12.1. The molecule has 1 spiro atoms. The number of para-hydroxylation sites is 1. The topological polar surface area (TPSA) is 62.3 Å². The molecule has 2 fully saturated rings. The van der Waals surface area contributed by atoms with Crippen molar-refractivity contribution in [2.75, 3.05) is 66.1 Å². The second-order valence-corrected chi connectivity index (χ2v) is 9.48. The first-order chi connectivity index (χ1) is 15.6. The van der Waals surface area contributed by atoms with Crippen molar-refractivity contribution in [1.29, 1.82) is 0 Å². The number of morpholine rings is 1. The van der Waals surface area contributed by atoms with Crippen molar-refractivity contribution < 1.29 is 19.1 Å².